The van der Waals surface area contributed by atoms with E-state index in [1.54, 1.807) is 12.4 Å². The molecule has 0 aliphatic rings. The third-order valence-corrected chi connectivity index (χ3v) is 2.96. The molecule has 18 heavy (non-hydrogen) atoms. The molecule has 1 N–H and O–H groups in total. The number of nitrogens with one attached hydrogen (secondary N) is 1. The lowest BCUT2D eigenvalue weighted by Gasteiger charge is -2.07. The Morgan fingerprint density at radius 1 is 1.33 bits per heavy atom. The predicted octanol–water partition coefficient (Wildman–Crippen LogP) is 3.54. The van der Waals surface area contributed by atoms with Gasteiger partial charge in [-0.05, 0) is 52.7 Å². The molecule has 2 aromatic rings. The summed E-state index contributed by atoms with van der Waals surface area (Å²) in [6.07, 6.45) is 3.26. The summed E-state index contributed by atoms with van der Waals surface area (Å²) in [5.74, 6) is -0.704. The lowest BCUT2D eigenvalue weighted by molar-refractivity contribution is 0.102. The van der Waals surface area contributed by atoms with Gasteiger partial charge in [0.25, 0.3) is 5.91 Å². The Bertz CT molecular complexity index is 601. The van der Waals surface area contributed by atoms with Gasteiger partial charge < -0.3 is 5.32 Å². The van der Waals surface area contributed by atoms with Gasteiger partial charge in [0.1, 0.15) is 5.82 Å². The van der Waals surface area contributed by atoms with E-state index in [0.29, 0.717) is 15.7 Å². The van der Waals surface area contributed by atoms with Crippen molar-refractivity contribution in [1.29, 1.82) is 0 Å². The molecule has 5 heteroatoms. The molecule has 0 aliphatic carbocycles. The van der Waals surface area contributed by atoms with E-state index >= 15 is 0 Å². The first-order valence-corrected chi connectivity index (χ1v) is 6.03. The molecular weight excluding hydrogens is 299 g/mol. The SMILES string of the molecule is Cc1cncc(NC(=O)c2ccc(F)cc2Br)c1. The first kappa shape index (κ1) is 12.7. The van der Waals surface area contributed by atoms with Crippen molar-refractivity contribution in [3.05, 3.63) is 58.1 Å². The van der Waals surface area contributed by atoms with Crippen LogP contribution in [0.15, 0.2) is 41.1 Å². The van der Waals surface area contributed by atoms with Crippen LogP contribution in [0.1, 0.15) is 15.9 Å². The number of carbonyl (C=O) groups is 1. The Labute approximate surface area is 112 Å². The van der Waals surface area contributed by atoms with Crippen LogP contribution in [-0.2, 0) is 0 Å². The average molecular weight is 309 g/mol. The zero-order chi connectivity index (χ0) is 13.1. The Balaban J connectivity index is 2.22. The molecule has 0 spiro atoms. The number of benzene rings is 1. The van der Waals surface area contributed by atoms with Crippen molar-refractivity contribution in [1.82, 2.24) is 4.98 Å². The van der Waals surface area contributed by atoms with Gasteiger partial charge in [-0.1, -0.05) is 0 Å². The zero-order valence-electron chi connectivity index (χ0n) is 9.58. The molecule has 0 aliphatic heterocycles. The van der Waals surface area contributed by atoms with Crippen LogP contribution < -0.4 is 5.32 Å². The standard InChI is InChI=1S/C13H10BrFN2O/c1-8-4-10(7-16-6-8)17-13(18)11-3-2-9(15)5-12(11)14/h2-7H,1H3,(H,17,18). The summed E-state index contributed by atoms with van der Waals surface area (Å²) in [7, 11) is 0. The highest BCUT2D eigenvalue weighted by Gasteiger charge is 2.11. The van der Waals surface area contributed by atoms with Gasteiger partial charge in [0.15, 0.2) is 0 Å². The van der Waals surface area contributed by atoms with Crippen molar-refractivity contribution in [3.63, 3.8) is 0 Å². The maximum atomic E-state index is 12.9. The van der Waals surface area contributed by atoms with Crippen LogP contribution in [0.2, 0.25) is 0 Å². The first-order chi connectivity index (χ1) is 8.56. The van der Waals surface area contributed by atoms with E-state index in [1.807, 2.05) is 13.0 Å². The van der Waals surface area contributed by atoms with E-state index in [0.717, 1.165) is 5.56 Å². The highest BCUT2D eigenvalue weighted by molar-refractivity contribution is 9.10. The first-order valence-electron chi connectivity index (χ1n) is 5.24. The maximum absolute atomic E-state index is 12.9. The minimum absolute atomic E-state index is 0.311. The molecule has 0 saturated heterocycles. The fourth-order valence-corrected chi connectivity index (χ4v) is 2.03. The summed E-state index contributed by atoms with van der Waals surface area (Å²) in [6.45, 7) is 1.89. The van der Waals surface area contributed by atoms with Gasteiger partial charge in [0, 0.05) is 10.7 Å². The normalized spacial score (nSPS) is 10.2. The second-order valence-electron chi connectivity index (χ2n) is 3.83. The number of halogens is 2. The van der Waals surface area contributed by atoms with Crippen molar-refractivity contribution in [3.8, 4) is 0 Å². The molecule has 3 nitrogen and oxygen atoms in total. The van der Waals surface area contributed by atoms with Crippen molar-refractivity contribution in [2.45, 2.75) is 6.92 Å². The van der Waals surface area contributed by atoms with Gasteiger partial charge in [0.05, 0.1) is 17.4 Å². The van der Waals surface area contributed by atoms with Crippen LogP contribution in [0.25, 0.3) is 0 Å². The number of pyridine rings is 1. The molecule has 0 bridgehead atoms. The number of nitrogens with zero attached hydrogens (tertiary/aromatic N) is 1. The fourth-order valence-electron chi connectivity index (χ4n) is 1.50. The molecule has 0 radical (unpaired) electrons. The van der Waals surface area contributed by atoms with E-state index in [2.05, 4.69) is 26.2 Å². The summed E-state index contributed by atoms with van der Waals surface area (Å²) < 4.78 is 13.3. The number of carbonyl (C=O) groups excluding carboxylic acids is 1. The summed E-state index contributed by atoms with van der Waals surface area (Å²) >= 11 is 3.16. The molecule has 0 saturated carbocycles. The van der Waals surface area contributed by atoms with E-state index < -0.39 is 5.82 Å². The third-order valence-electron chi connectivity index (χ3n) is 2.31. The molecule has 0 unspecified atom stereocenters. The summed E-state index contributed by atoms with van der Waals surface area (Å²) in [5.41, 5.74) is 1.93. The molecule has 0 fully saturated rings. The van der Waals surface area contributed by atoms with E-state index in [9.17, 15) is 9.18 Å². The number of anilines is 1. The molecular formula is C13H10BrFN2O. The molecule has 92 valence electrons. The monoisotopic (exact) mass is 308 g/mol. The topological polar surface area (TPSA) is 42.0 Å². The summed E-state index contributed by atoms with van der Waals surface area (Å²) in [5, 5.41) is 2.71. The van der Waals surface area contributed by atoms with Crippen LogP contribution in [0, 0.1) is 12.7 Å². The second-order valence-corrected chi connectivity index (χ2v) is 4.68. The van der Waals surface area contributed by atoms with Gasteiger partial charge in [-0.3, -0.25) is 9.78 Å². The number of aryl methyl sites for hydroxylation is 1. The van der Waals surface area contributed by atoms with Gasteiger partial charge in [-0.25, -0.2) is 4.39 Å². The summed E-state index contributed by atoms with van der Waals surface area (Å²) in [6, 6.07) is 5.73. The summed E-state index contributed by atoms with van der Waals surface area (Å²) in [4.78, 5) is 15.9. The number of hydrogen-bond acceptors (Lipinski definition) is 2. The van der Waals surface area contributed by atoms with Crippen LogP contribution in [0.4, 0.5) is 10.1 Å². The Morgan fingerprint density at radius 3 is 2.78 bits per heavy atom. The third kappa shape index (κ3) is 2.92. The van der Waals surface area contributed by atoms with Crippen molar-refractivity contribution < 1.29 is 9.18 Å². The number of aromatic nitrogens is 1. The van der Waals surface area contributed by atoms with Gasteiger partial charge in [0.2, 0.25) is 0 Å². The number of rotatable bonds is 2. The smallest absolute Gasteiger partial charge is 0.256 e. The average Bonchev–Trinajstić information content (AvgIpc) is 2.28. The van der Waals surface area contributed by atoms with Crippen molar-refractivity contribution in [2.75, 3.05) is 5.32 Å². The Kier molecular flexibility index (Phi) is 3.72. The fraction of sp³-hybridized carbons (Fsp3) is 0.0769. The largest absolute Gasteiger partial charge is 0.321 e. The van der Waals surface area contributed by atoms with Gasteiger partial charge >= 0.3 is 0 Å². The highest BCUT2D eigenvalue weighted by Crippen LogP contribution is 2.19. The zero-order valence-corrected chi connectivity index (χ0v) is 11.2. The van der Waals surface area contributed by atoms with Crippen LogP contribution in [-0.4, -0.2) is 10.9 Å². The Hall–Kier alpha value is -1.75. The molecule has 1 aromatic carbocycles. The Morgan fingerprint density at radius 2 is 2.11 bits per heavy atom. The van der Waals surface area contributed by atoms with Gasteiger partial charge in [-0.2, -0.15) is 0 Å². The second kappa shape index (κ2) is 5.27. The van der Waals surface area contributed by atoms with E-state index in [1.165, 1.54) is 18.2 Å². The lowest BCUT2D eigenvalue weighted by Crippen LogP contribution is -2.13. The number of hydrogen-bond donors (Lipinski definition) is 1. The molecule has 2 rings (SSSR count). The van der Waals surface area contributed by atoms with E-state index in [4.69, 9.17) is 0 Å². The predicted molar refractivity (Wildman–Crippen MR) is 71.0 cm³/mol. The van der Waals surface area contributed by atoms with Crippen LogP contribution >= 0.6 is 15.9 Å². The minimum atomic E-state index is -0.393. The lowest BCUT2D eigenvalue weighted by atomic mass is 10.2. The van der Waals surface area contributed by atoms with Gasteiger partial charge in [-0.15, -0.1) is 0 Å². The molecule has 0 atom stereocenters. The minimum Gasteiger partial charge on any atom is -0.321 e. The molecule has 1 aromatic heterocycles. The molecule has 1 heterocycles. The van der Waals surface area contributed by atoms with Crippen LogP contribution in [0.5, 0.6) is 0 Å². The van der Waals surface area contributed by atoms with Crippen molar-refractivity contribution >= 4 is 27.5 Å². The van der Waals surface area contributed by atoms with Crippen LogP contribution in [0.3, 0.4) is 0 Å². The highest BCUT2D eigenvalue weighted by atomic mass is 79.9. The molecule has 1 amide bonds. The number of amides is 1. The quantitative estimate of drug-likeness (QED) is 0.922. The maximum Gasteiger partial charge on any atom is 0.256 e. The van der Waals surface area contributed by atoms with E-state index in [-0.39, 0.29) is 5.91 Å². The van der Waals surface area contributed by atoms with Crippen molar-refractivity contribution in [2.24, 2.45) is 0 Å².